The summed E-state index contributed by atoms with van der Waals surface area (Å²) in [6, 6.07) is 3.83. The van der Waals surface area contributed by atoms with Gasteiger partial charge in [-0.05, 0) is 17.7 Å². The quantitative estimate of drug-likeness (QED) is 0.761. The van der Waals surface area contributed by atoms with Gasteiger partial charge in [0.15, 0.2) is 0 Å². The molecule has 0 aromatic carbocycles. The predicted molar refractivity (Wildman–Crippen MR) is 74.5 cm³/mol. The van der Waals surface area contributed by atoms with E-state index in [0.29, 0.717) is 12.2 Å². The molecule has 0 bridgehead atoms. The largest absolute Gasteiger partial charge is 0.316 e. The Kier molecular flexibility index (Phi) is 3.42. The number of nitrogens with one attached hydrogen (secondary N) is 1. The molecule has 3 rings (SSSR count). The van der Waals surface area contributed by atoms with E-state index in [0.717, 1.165) is 5.56 Å². The molecule has 8 nitrogen and oxygen atoms in total. The number of anilines is 1. The molecule has 3 heterocycles. The standard InChI is InChI=1S/C13H13N7O/c1-19-9-15-12(18-19)13(21)17-11-6-16-20(8-11)7-10-2-4-14-5-3-10/h2-6,8-9H,7H2,1H3,(H,17,21). The van der Waals surface area contributed by atoms with Gasteiger partial charge in [0.1, 0.15) is 6.33 Å². The van der Waals surface area contributed by atoms with E-state index in [1.165, 1.54) is 11.0 Å². The van der Waals surface area contributed by atoms with Crippen LogP contribution in [0.25, 0.3) is 0 Å². The maximum Gasteiger partial charge on any atom is 0.295 e. The molecule has 0 saturated carbocycles. The van der Waals surface area contributed by atoms with E-state index in [1.54, 1.807) is 36.5 Å². The lowest BCUT2D eigenvalue weighted by molar-refractivity contribution is 0.101. The van der Waals surface area contributed by atoms with Crippen LogP contribution in [0, 0.1) is 0 Å². The van der Waals surface area contributed by atoms with Crippen molar-refractivity contribution in [3.05, 3.63) is 54.6 Å². The minimum atomic E-state index is -0.362. The van der Waals surface area contributed by atoms with Gasteiger partial charge in [0, 0.05) is 25.6 Å². The van der Waals surface area contributed by atoms with Gasteiger partial charge in [-0.25, -0.2) is 4.98 Å². The van der Waals surface area contributed by atoms with Crippen LogP contribution in [0.4, 0.5) is 5.69 Å². The molecule has 0 fully saturated rings. The van der Waals surface area contributed by atoms with E-state index in [4.69, 9.17) is 0 Å². The minimum absolute atomic E-state index is 0.124. The summed E-state index contributed by atoms with van der Waals surface area (Å²) in [6.07, 6.45) is 8.27. The third-order valence-electron chi connectivity index (χ3n) is 2.79. The highest BCUT2D eigenvalue weighted by molar-refractivity contribution is 6.01. The molecule has 3 aromatic heterocycles. The molecular weight excluding hydrogens is 270 g/mol. The highest BCUT2D eigenvalue weighted by atomic mass is 16.2. The van der Waals surface area contributed by atoms with Crippen LogP contribution in [0.15, 0.2) is 43.2 Å². The summed E-state index contributed by atoms with van der Waals surface area (Å²) in [4.78, 5) is 19.8. The maximum absolute atomic E-state index is 11.9. The predicted octanol–water partition coefficient (Wildman–Crippen LogP) is 0.707. The number of nitrogens with zero attached hydrogens (tertiary/aromatic N) is 6. The van der Waals surface area contributed by atoms with Crippen LogP contribution < -0.4 is 5.32 Å². The molecule has 0 unspecified atom stereocenters. The Labute approximate surface area is 120 Å². The molecular formula is C13H13N7O. The lowest BCUT2D eigenvalue weighted by Crippen LogP contribution is -2.13. The summed E-state index contributed by atoms with van der Waals surface area (Å²) in [5.41, 5.74) is 1.68. The minimum Gasteiger partial charge on any atom is -0.316 e. The van der Waals surface area contributed by atoms with E-state index >= 15 is 0 Å². The van der Waals surface area contributed by atoms with Crippen LogP contribution in [0.3, 0.4) is 0 Å². The van der Waals surface area contributed by atoms with Crippen molar-refractivity contribution >= 4 is 11.6 Å². The van der Waals surface area contributed by atoms with Crippen molar-refractivity contribution in [2.45, 2.75) is 6.54 Å². The summed E-state index contributed by atoms with van der Waals surface area (Å²) >= 11 is 0. The fourth-order valence-electron chi connectivity index (χ4n) is 1.82. The number of amides is 1. The third kappa shape index (κ3) is 3.11. The van der Waals surface area contributed by atoms with Crippen molar-refractivity contribution in [2.75, 3.05) is 5.32 Å². The summed E-state index contributed by atoms with van der Waals surface area (Å²) in [7, 11) is 1.70. The third-order valence-corrected chi connectivity index (χ3v) is 2.79. The normalized spacial score (nSPS) is 10.5. The molecule has 0 radical (unpaired) electrons. The molecule has 0 aliphatic rings. The second kappa shape index (κ2) is 5.53. The number of pyridine rings is 1. The number of aromatic nitrogens is 6. The van der Waals surface area contributed by atoms with Crippen molar-refractivity contribution in [1.82, 2.24) is 29.5 Å². The Morgan fingerprint density at radius 3 is 2.86 bits per heavy atom. The second-order valence-corrected chi connectivity index (χ2v) is 4.48. The summed E-state index contributed by atoms with van der Waals surface area (Å²) in [6.45, 7) is 0.611. The lowest BCUT2D eigenvalue weighted by Gasteiger charge is -2.00. The summed E-state index contributed by atoms with van der Waals surface area (Å²) in [5.74, 6) is -0.238. The van der Waals surface area contributed by atoms with Crippen LogP contribution in [0.5, 0.6) is 0 Å². The number of aryl methyl sites for hydroxylation is 1. The first-order chi connectivity index (χ1) is 10.2. The van der Waals surface area contributed by atoms with Crippen molar-refractivity contribution in [3.63, 3.8) is 0 Å². The average molecular weight is 283 g/mol. The number of hydrogen-bond acceptors (Lipinski definition) is 5. The Morgan fingerprint density at radius 1 is 1.33 bits per heavy atom. The van der Waals surface area contributed by atoms with Crippen LogP contribution in [0.1, 0.15) is 16.2 Å². The van der Waals surface area contributed by atoms with Gasteiger partial charge >= 0.3 is 0 Å². The number of carbonyl (C=O) groups is 1. The van der Waals surface area contributed by atoms with Crippen LogP contribution in [0.2, 0.25) is 0 Å². The van der Waals surface area contributed by atoms with Gasteiger partial charge in [0.2, 0.25) is 5.82 Å². The first kappa shape index (κ1) is 13.0. The molecule has 1 N–H and O–H groups in total. The Bertz CT molecular complexity index is 747. The Hall–Kier alpha value is -3.03. The molecule has 0 atom stereocenters. The molecule has 0 aliphatic heterocycles. The highest BCUT2D eigenvalue weighted by Crippen LogP contribution is 2.08. The van der Waals surface area contributed by atoms with E-state index in [9.17, 15) is 4.79 Å². The van der Waals surface area contributed by atoms with E-state index in [1.807, 2.05) is 12.1 Å². The van der Waals surface area contributed by atoms with Gasteiger partial charge in [-0.15, -0.1) is 5.10 Å². The van der Waals surface area contributed by atoms with Gasteiger partial charge in [-0.3, -0.25) is 19.1 Å². The second-order valence-electron chi connectivity index (χ2n) is 4.48. The lowest BCUT2D eigenvalue weighted by atomic mass is 10.3. The topological polar surface area (TPSA) is 90.5 Å². The zero-order valence-electron chi connectivity index (χ0n) is 11.3. The first-order valence-electron chi connectivity index (χ1n) is 6.29. The Balaban J connectivity index is 1.66. The van der Waals surface area contributed by atoms with E-state index in [-0.39, 0.29) is 11.7 Å². The molecule has 8 heteroatoms. The fourth-order valence-corrected chi connectivity index (χ4v) is 1.82. The molecule has 0 saturated heterocycles. The zero-order valence-corrected chi connectivity index (χ0v) is 11.3. The number of hydrogen-bond donors (Lipinski definition) is 1. The van der Waals surface area contributed by atoms with Crippen molar-refractivity contribution < 1.29 is 4.79 Å². The van der Waals surface area contributed by atoms with Crippen molar-refractivity contribution in [3.8, 4) is 0 Å². The van der Waals surface area contributed by atoms with Gasteiger partial charge in [-0.1, -0.05) is 0 Å². The number of carbonyl (C=O) groups excluding carboxylic acids is 1. The molecule has 0 spiro atoms. The summed E-state index contributed by atoms with van der Waals surface area (Å²) in [5, 5.41) is 10.8. The van der Waals surface area contributed by atoms with Gasteiger partial charge < -0.3 is 5.32 Å². The van der Waals surface area contributed by atoms with Crippen LogP contribution in [-0.2, 0) is 13.6 Å². The molecule has 1 amide bonds. The first-order valence-corrected chi connectivity index (χ1v) is 6.29. The average Bonchev–Trinajstić information content (AvgIpc) is 3.09. The molecule has 21 heavy (non-hydrogen) atoms. The zero-order chi connectivity index (χ0) is 14.7. The van der Waals surface area contributed by atoms with Crippen molar-refractivity contribution in [2.24, 2.45) is 7.05 Å². The monoisotopic (exact) mass is 283 g/mol. The highest BCUT2D eigenvalue weighted by Gasteiger charge is 2.11. The van der Waals surface area contributed by atoms with Gasteiger partial charge in [0.25, 0.3) is 5.91 Å². The van der Waals surface area contributed by atoms with Crippen LogP contribution in [-0.4, -0.2) is 35.4 Å². The summed E-state index contributed by atoms with van der Waals surface area (Å²) < 4.78 is 3.21. The van der Waals surface area contributed by atoms with E-state index < -0.39 is 0 Å². The molecule has 106 valence electrons. The van der Waals surface area contributed by atoms with Crippen LogP contribution >= 0.6 is 0 Å². The Morgan fingerprint density at radius 2 is 2.14 bits per heavy atom. The molecule has 3 aromatic rings. The van der Waals surface area contributed by atoms with Gasteiger partial charge in [-0.2, -0.15) is 5.10 Å². The maximum atomic E-state index is 11.9. The smallest absolute Gasteiger partial charge is 0.295 e. The fraction of sp³-hybridized carbons (Fsp3) is 0.154. The number of rotatable bonds is 4. The van der Waals surface area contributed by atoms with Crippen molar-refractivity contribution in [1.29, 1.82) is 0 Å². The van der Waals surface area contributed by atoms with E-state index in [2.05, 4.69) is 25.5 Å². The van der Waals surface area contributed by atoms with Gasteiger partial charge in [0.05, 0.1) is 18.4 Å². The SMILES string of the molecule is Cn1cnc(C(=O)Nc2cnn(Cc3ccncc3)c2)n1. The molecule has 0 aliphatic carbocycles.